The Labute approximate surface area is 163 Å². The molecule has 0 amide bonds. The van der Waals surface area contributed by atoms with E-state index in [9.17, 15) is 0 Å². The van der Waals surface area contributed by atoms with Crippen molar-refractivity contribution in [2.45, 2.75) is 6.92 Å². The molecule has 0 spiro atoms. The molecule has 0 N–H and O–H groups in total. The maximum absolute atomic E-state index is 4.75. The summed E-state index contributed by atoms with van der Waals surface area (Å²) in [5.74, 6) is 0. The summed E-state index contributed by atoms with van der Waals surface area (Å²) in [4.78, 5) is 11.4. The first kappa shape index (κ1) is 17.4. The number of rotatable bonds is 4. The van der Waals surface area contributed by atoms with Crippen molar-refractivity contribution < 1.29 is 0 Å². The number of hydrogen-bond donors (Lipinski definition) is 0. The second-order valence-electron chi connectivity index (χ2n) is 6.78. The van der Waals surface area contributed by atoms with Gasteiger partial charge < -0.3 is 4.90 Å². The summed E-state index contributed by atoms with van der Waals surface area (Å²) in [6.45, 7) is 2.11. The van der Waals surface area contributed by atoms with E-state index in [0.717, 1.165) is 27.3 Å². The van der Waals surface area contributed by atoms with Crippen molar-refractivity contribution in [3.8, 4) is 10.6 Å². The van der Waals surface area contributed by atoms with Crippen molar-refractivity contribution in [1.29, 1.82) is 0 Å². The van der Waals surface area contributed by atoms with Gasteiger partial charge in [0.2, 0.25) is 0 Å². The SMILES string of the molecule is Cc1ccc2nc(-c3ccc(/N=C/c4ccc(N(C)C)cc4)cc3)sc2c1. The maximum atomic E-state index is 4.75. The van der Waals surface area contributed by atoms with Crippen LogP contribution >= 0.6 is 11.3 Å². The molecule has 1 aromatic heterocycles. The van der Waals surface area contributed by atoms with Crippen LogP contribution in [0.2, 0.25) is 0 Å². The molecule has 4 aromatic rings. The van der Waals surface area contributed by atoms with E-state index in [1.807, 2.05) is 32.4 Å². The molecule has 27 heavy (non-hydrogen) atoms. The molecule has 0 fully saturated rings. The highest BCUT2D eigenvalue weighted by atomic mass is 32.1. The molecule has 0 radical (unpaired) electrons. The number of anilines is 1. The van der Waals surface area contributed by atoms with Crippen LogP contribution in [0.5, 0.6) is 0 Å². The van der Waals surface area contributed by atoms with E-state index in [1.54, 1.807) is 11.3 Å². The molecule has 0 atom stereocenters. The normalized spacial score (nSPS) is 11.4. The summed E-state index contributed by atoms with van der Waals surface area (Å²) in [6, 6.07) is 23.0. The topological polar surface area (TPSA) is 28.5 Å². The number of nitrogens with zero attached hydrogens (tertiary/aromatic N) is 3. The Balaban J connectivity index is 1.52. The van der Waals surface area contributed by atoms with Crippen LogP contribution in [0.25, 0.3) is 20.8 Å². The van der Waals surface area contributed by atoms with Gasteiger partial charge in [-0.3, -0.25) is 4.99 Å². The Hall–Kier alpha value is -2.98. The fourth-order valence-electron chi connectivity index (χ4n) is 2.85. The van der Waals surface area contributed by atoms with Crippen molar-refractivity contribution in [3.05, 3.63) is 77.9 Å². The lowest BCUT2D eigenvalue weighted by Gasteiger charge is -2.11. The van der Waals surface area contributed by atoms with E-state index in [1.165, 1.54) is 16.0 Å². The van der Waals surface area contributed by atoms with E-state index in [0.29, 0.717) is 0 Å². The fourth-order valence-corrected chi connectivity index (χ4v) is 3.92. The number of aliphatic imine (C=N–C) groups is 1. The average molecular weight is 372 g/mol. The Morgan fingerprint density at radius 2 is 1.67 bits per heavy atom. The second-order valence-corrected chi connectivity index (χ2v) is 7.81. The number of fused-ring (bicyclic) bond motifs is 1. The van der Waals surface area contributed by atoms with Gasteiger partial charge in [-0.1, -0.05) is 18.2 Å². The van der Waals surface area contributed by atoms with Crippen LogP contribution in [0.15, 0.2) is 71.7 Å². The van der Waals surface area contributed by atoms with Gasteiger partial charge in [-0.25, -0.2) is 4.98 Å². The van der Waals surface area contributed by atoms with Crippen LogP contribution in [-0.4, -0.2) is 25.3 Å². The third-order valence-corrected chi connectivity index (χ3v) is 5.50. The first-order chi connectivity index (χ1) is 13.1. The van der Waals surface area contributed by atoms with Crippen molar-refractivity contribution >= 4 is 39.1 Å². The highest BCUT2D eigenvalue weighted by molar-refractivity contribution is 7.21. The van der Waals surface area contributed by atoms with Gasteiger partial charge in [0, 0.05) is 31.6 Å². The van der Waals surface area contributed by atoms with E-state index in [2.05, 4.69) is 71.4 Å². The molecule has 4 heteroatoms. The largest absolute Gasteiger partial charge is 0.378 e. The number of hydrogen-bond acceptors (Lipinski definition) is 4. The minimum Gasteiger partial charge on any atom is -0.378 e. The molecule has 3 aromatic carbocycles. The Kier molecular flexibility index (Phi) is 4.73. The van der Waals surface area contributed by atoms with Gasteiger partial charge in [0.05, 0.1) is 15.9 Å². The molecule has 0 bridgehead atoms. The highest BCUT2D eigenvalue weighted by Crippen LogP contribution is 2.31. The number of benzene rings is 3. The molecular weight excluding hydrogens is 350 g/mol. The summed E-state index contributed by atoms with van der Waals surface area (Å²) in [7, 11) is 4.08. The highest BCUT2D eigenvalue weighted by Gasteiger charge is 2.06. The fraction of sp³-hybridized carbons (Fsp3) is 0.130. The van der Waals surface area contributed by atoms with E-state index in [-0.39, 0.29) is 0 Å². The zero-order valence-electron chi connectivity index (χ0n) is 15.7. The third-order valence-electron chi connectivity index (χ3n) is 4.43. The van der Waals surface area contributed by atoms with Gasteiger partial charge >= 0.3 is 0 Å². The standard InChI is InChI=1S/C23H21N3S/c1-16-4-13-21-22(14-16)27-23(25-21)18-7-9-19(10-8-18)24-15-17-5-11-20(12-6-17)26(2)3/h4-15H,1-3H3/b24-15+. The maximum Gasteiger partial charge on any atom is 0.124 e. The Morgan fingerprint density at radius 3 is 2.37 bits per heavy atom. The molecule has 1 heterocycles. The van der Waals surface area contributed by atoms with Gasteiger partial charge in [-0.05, 0) is 66.6 Å². The molecule has 0 aliphatic heterocycles. The lowest BCUT2D eigenvalue weighted by atomic mass is 10.2. The number of aromatic nitrogens is 1. The lowest BCUT2D eigenvalue weighted by Crippen LogP contribution is -2.08. The number of aryl methyl sites for hydroxylation is 1. The molecular formula is C23H21N3S. The van der Waals surface area contributed by atoms with Gasteiger partial charge in [-0.15, -0.1) is 11.3 Å². The first-order valence-corrected chi connectivity index (χ1v) is 9.69. The molecule has 3 nitrogen and oxygen atoms in total. The minimum atomic E-state index is 0.937. The Bertz CT molecular complexity index is 1090. The quantitative estimate of drug-likeness (QED) is 0.406. The molecule has 0 saturated heterocycles. The smallest absolute Gasteiger partial charge is 0.124 e. The molecule has 134 valence electrons. The monoisotopic (exact) mass is 371 g/mol. The summed E-state index contributed by atoms with van der Waals surface area (Å²) < 4.78 is 1.23. The molecule has 0 unspecified atom stereocenters. The van der Waals surface area contributed by atoms with Gasteiger partial charge in [0.1, 0.15) is 5.01 Å². The third kappa shape index (κ3) is 3.91. The zero-order chi connectivity index (χ0) is 18.8. The summed E-state index contributed by atoms with van der Waals surface area (Å²) >= 11 is 1.73. The van der Waals surface area contributed by atoms with Gasteiger partial charge in [0.15, 0.2) is 0 Å². The van der Waals surface area contributed by atoms with Gasteiger partial charge in [0.25, 0.3) is 0 Å². The van der Waals surface area contributed by atoms with Gasteiger partial charge in [-0.2, -0.15) is 0 Å². The molecule has 0 aliphatic carbocycles. The predicted molar refractivity (Wildman–Crippen MR) is 118 cm³/mol. The van der Waals surface area contributed by atoms with Crippen LogP contribution in [0.1, 0.15) is 11.1 Å². The summed E-state index contributed by atoms with van der Waals surface area (Å²) in [5, 5.41) is 1.05. The van der Waals surface area contributed by atoms with Crippen molar-refractivity contribution in [2.75, 3.05) is 19.0 Å². The summed E-state index contributed by atoms with van der Waals surface area (Å²) in [6.07, 6.45) is 1.90. The number of thiazole rings is 1. The first-order valence-electron chi connectivity index (χ1n) is 8.87. The van der Waals surface area contributed by atoms with Crippen molar-refractivity contribution in [3.63, 3.8) is 0 Å². The van der Waals surface area contributed by atoms with Crippen LogP contribution in [0.3, 0.4) is 0 Å². The van der Waals surface area contributed by atoms with Crippen LogP contribution < -0.4 is 4.90 Å². The Morgan fingerprint density at radius 1 is 0.926 bits per heavy atom. The van der Waals surface area contributed by atoms with Crippen LogP contribution in [-0.2, 0) is 0 Å². The van der Waals surface area contributed by atoms with Crippen molar-refractivity contribution in [2.24, 2.45) is 4.99 Å². The predicted octanol–water partition coefficient (Wildman–Crippen LogP) is 6.09. The van der Waals surface area contributed by atoms with Crippen LogP contribution in [0.4, 0.5) is 11.4 Å². The minimum absolute atomic E-state index is 0.937. The summed E-state index contributed by atoms with van der Waals surface area (Å²) in [5.41, 5.74) is 6.66. The molecule has 0 aliphatic rings. The van der Waals surface area contributed by atoms with E-state index >= 15 is 0 Å². The molecule has 0 saturated carbocycles. The van der Waals surface area contributed by atoms with E-state index in [4.69, 9.17) is 4.98 Å². The van der Waals surface area contributed by atoms with Crippen molar-refractivity contribution in [1.82, 2.24) is 4.98 Å². The van der Waals surface area contributed by atoms with Crippen LogP contribution in [0, 0.1) is 6.92 Å². The lowest BCUT2D eigenvalue weighted by molar-refractivity contribution is 1.13. The average Bonchev–Trinajstić information content (AvgIpc) is 3.10. The molecule has 4 rings (SSSR count). The van der Waals surface area contributed by atoms with E-state index < -0.39 is 0 Å². The second kappa shape index (κ2) is 7.33. The zero-order valence-corrected chi connectivity index (χ0v) is 16.5.